The molecule has 3 aromatic rings. The second kappa shape index (κ2) is 7.52. The monoisotopic (exact) mass is 419 g/mol. The van der Waals surface area contributed by atoms with Gasteiger partial charge in [-0.2, -0.15) is 13.2 Å². The molecule has 0 unspecified atom stereocenters. The Balaban J connectivity index is 1.71. The van der Waals surface area contributed by atoms with Crippen LogP contribution in [0.5, 0.6) is 0 Å². The second-order valence-electron chi connectivity index (χ2n) is 7.27. The van der Waals surface area contributed by atoms with E-state index in [0.717, 1.165) is 18.9 Å². The number of nitrogens with two attached hydrogens (primary N) is 1. The molecule has 0 spiro atoms. The number of aromatic nitrogens is 2. The van der Waals surface area contributed by atoms with Crippen molar-refractivity contribution >= 4 is 34.3 Å². The van der Waals surface area contributed by atoms with Gasteiger partial charge in [0.05, 0.1) is 33.5 Å². The van der Waals surface area contributed by atoms with Crippen molar-refractivity contribution in [2.75, 3.05) is 23.3 Å². The van der Waals surface area contributed by atoms with Crippen LogP contribution < -0.4 is 16.0 Å². The number of hydrogen-bond acceptors (Lipinski definition) is 5. The maximum atomic E-state index is 13.2. The smallest absolute Gasteiger partial charge is 0.418 e. The Morgan fingerprint density at radius 3 is 2.60 bits per heavy atom. The van der Waals surface area contributed by atoms with Gasteiger partial charge in [0.2, 0.25) is 5.95 Å². The molecule has 0 amide bonds. The maximum Gasteiger partial charge on any atom is 0.418 e. The average molecular weight is 419 g/mol. The maximum absolute atomic E-state index is 13.2. The zero-order chi connectivity index (χ0) is 21.5. The molecule has 0 radical (unpaired) electrons. The van der Waals surface area contributed by atoms with Crippen molar-refractivity contribution in [3.05, 3.63) is 47.5 Å². The number of H-pyrrole nitrogens is 1. The fourth-order valence-corrected chi connectivity index (χ4v) is 3.65. The van der Waals surface area contributed by atoms with Crippen LogP contribution in [0.2, 0.25) is 0 Å². The molecule has 0 bridgehead atoms. The van der Waals surface area contributed by atoms with E-state index in [4.69, 9.17) is 5.73 Å². The van der Waals surface area contributed by atoms with E-state index in [1.165, 1.54) is 24.3 Å². The minimum atomic E-state index is -4.52. The zero-order valence-corrected chi connectivity index (χ0v) is 15.8. The molecule has 1 aliphatic rings. The molecule has 2 aromatic carbocycles. The van der Waals surface area contributed by atoms with Crippen molar-refractivity contribution in [2.45, 2.75) is 25.1 Å². The summed E-state index contributed by atoms with van der Waals surface area (Å²) < 4.78 is 39.7. The van der Waals surface area contributed by atoms with E-state index in [1.807, 2.05) is 4.90 Å². The van der Waals surface area contributed by atoms with Gasteiger partial charge in [-0.25, -0.2) is 9.78 Å². The van der Waals surface area contributed by atoms with E-state index in [0.29, 0.717) is 29.8 Å². The van der Waals surface area contributed by atoms with Crippen LogP contribution in [0.1, 0.15) is 28.8 Å². The third-order valence-electron chi connectivity index (χ3n) is 5.20. The number of fused-ring (bicyclic) bond motifs is 1. The first-order valence-electron chi connectivity index (χ1n) is 9.43. The Morgan fingerprint density at radius 1 is 1.23 bits per heavy atom. The van der Waals surface area contributed by atoms with Crippen molar-refractivity contribution in [1.82, 2.24) is 9.97 Å². The van der Waals surface area contributed by atoms with Gasteiger partial charge in [-0.3, -0.25) is 0 Å². The lowest BCUT2D eigenvalue weighted by atomic mass is 10.0. The highest BCUT2D eigenvalue weighted by molar-refractivity contribution is 6.00. The van der Waals surface area contributed by atoms with Crippen LogP contribution in [0, 0.1) is 0 Å². The highest BCUT2D eigenvalue weighted by atomic mass is 19.4. The Labute approximate surface area is 169 Å². The number of benzene rings is 2. The standard InChI is InChI=1S/C20H20F3N5O2/c21-20(22,23)13-3-1-2-4-14(13)25-19-26-15-9-12(18(29)30)17(10-16(15)27-19)28-7-5-11(24)6-8-28/h1-4,9-11H,5-8,24H2,(H,29,30)(H2,25,26,27). The molecule has 1 aromatic heterocycles. The molecule has 0 saturated carbocycles. The summed E-state index contributed by atoms with van der Waals surface area (Å²) >= 11 is 0. The molecule has 1 saturated heterocycles. The number of halogens is 3. The predicted octanol–water partition coefficient (Wildman–Crippen LogP) is 3.95. The molecule has 0 aliphatic carbocycles. The molecular formula is C20H20F3N5O2. The number of carboxylic acid groups (broad SMARTS) is 1. The Morgan fingerprint density at radius 2 is 1.93 bits per heavy atom. The van der Waals surface area contributed by atoms with E-state index in [-0.39, 0.29) is 23.2 Å². The molecule has 1 aliphatic heterocycles. The molecule has 158 valence electrons. The van der Waals surface area contributed by atoms with Crippen molar-refractivity contribution in [3.8, 4) is 0 Å². The van der Waals surface area contributed by atoms with Gasteiger partial charge in [-0.05, 0) is 37.1 Å². The van der Waals surface area contributed by atoms with Crippen LogP contribution in [-0.4, -0.2) is 40.2 Å². The topological polar surface area (TPSA) is 107 Å². The molecule has 2 heterocycles. The predicted molar refractivity (Wildman–Crippen MR) is 107 cm³/mol. The van der Waals surface area contributed by atoms with E-state index >= 15 is 0 Å². The number of anilines is 3. The lowest BCUT2D eigenvalue weighted by molar-refractivity contribution is -0.136. The highest BCUT2D eigenvalue weighted by Gasteiger charge is 2.33. The summed E-state index contributed by atoms with van der Waals surface area (Å²) in [5.41, 5.74) is 6.46. The fourth-order valence-electron chi connectivity index (χ4n) is 3.65. The van der Waals surface area contributed by atoms with Crippen LogP contribution in [0.4, 0.5) is 30.5 Å². The van der Waals surface area contributed by atoms with E-state index < -0.39 is 17.7 Å². The SMILES string of the molecule is NC1CCN(c2cc3nc(Nc4ccccc4C(F)(F)F)[nH]c3cc2C(=O)O)CC1. The van der Waals surface area contributed by atoms with E-state index in [2.05, 4.69) is 15.3 Å². The second-order valence-corrected chi connectivity index (χ2v) is 7.27. The highest BCUT2D eigenvalue weighted by Crippen LogP contribution is 2.36. The fraction of sp³-hybridized carbons (Fsp3) is 0.300. The summed E-state index contributed by atoms with van der Waals surface area (Å²) in [7, 11) is 0. The van der Waals surface area contributed by atoms with Crippen molar-refractivity contribution in [1.29, 1.82) is 0 Å². The molecule has 7 nitrogen and oxygen atoms in total. The number of hydrogen-bond donors (Lipinski definition) is 4. The molecule has 4 rings (SSSR count). The Kier molecular flexibility index (Phi) is 5.02. The molecule has 30 heavy (non-hydrogen) atoms. The molecule has 1 fully saturated rings. The first-order valence-corrected chi connectivity index (χ1v) is 9.43. The number of alkyl halides is 3. The largest absolute Gasteiger partial charge is 0.478 e. The van der Waals surface area contributed by atoms with Gasteiger partial charge in [-0.15, -0.1) is 0 Å². The van der Waals surface area contributed by atoms with E-state index in [1.54, 1.807) is 6.07 Å². The van der Waals surface area contributed by atoms with Crippen molar-refractivity contribution < 1.29 is 23.1 Å². The van der Waals surface area contributed by atoms with Gasteiger partial charge < -0.3 is 26.0 Å². The number of aromatic amines is 1. The van der Waals surface area contributed by atoms with Crippen molar-refractivity contribution in [2.24, 2.45) is 5.73 Å². The average Bonchev–Trinajstić information content (AvgIpc) is 3.08. The third kappa shape index (κ3) is 3.90. The van der Waals surface area contributed by atoms with Crippen LogP contribution in [0.3, 0.4) is 0 Å². The number of nitrogens with zero attached hydrogens (tertiary/aromatic N) is 2. The normalized spacial score (nSPS) is 15.5. The van der Waals surface area contributed by atoms with Crippen LogP contribution in [0.25, 0.3) is 11.0 Å². The zero-order valence-electron chi connectivity index (χ0n) is 15.8. The number of nitrogens with one attached hydrogen (secondary N) is 2. The number of carbonyl (C=O) groups is 1. The minimum absolute atomic E-state index is 0.0909. The van der Waals surface area contributed by atoms with Gasteiger partial charge >= 0.3 is 12.1 Å². The van der Waals surface area contributed by atoms with Gasteiger partial charge in [-0.1, -0.05) is 12.1 Å². The van der Waals surface area contributed by atoms with Gasteiger partial charge in [0.1, 0.15) is 0 Å². The first kappa shape index (κ1) is 20.0. The molecular weight excluding hydrogens is 399 g/mol. The number of rotatable bonds is 4. The number of piperidine rings is 1. The summed E-state index contributed by atoms with van der Waals surface area (Å²) in [4.78, 5) is 20.9. The minimum Gasteiger partial charge on any atom is -0.478 e. The molecule has 0 atom stereocenters. The van der Waals surface area contributed by atoms with Crippen LogP contribution in [0.15, 0.2) is 36.4 Å². The Bertz CT molecular complexity index is 1090. The summed E-state index contributed by atoms with van der Waals surface area (Å²) in [5, 5.41) is 12.3. The van der Waals surface area contributed by atoms with Gasteiger partial charge in [0.15, 0.2) is 0 Å². The summed E-state index contributed by atoms with van der Waals surface area (Å²) in [5.74, 6) is -0.996. The third-order valence-corrected chi connectivity index (χ3v) is 5.20. The number of imidazole rings is 1. The quantitative estimate of drug-likeness (QED) is 0.510. The Hall–Kier alpha value is -3.27. The summed E-state index contributed by atoms with van der Waals surface area (Å²) in [6.07, 6.45) is -3.02. The van der Waals surface area contributed by atoms with Gasteiger partial charge in [0.25, 0.3) is 0 Å². The number of para-hydroxylation sites is 1. The van der Waals surface area contributed by atoms with E-state index in [9.17, 15) is 23.1 Å². The lowest BCUT2D eigenvalue weighted by Crippen LogP contribution is -2.40. The number of carboxylic acids is 1. The van der Waals surface area contributed by atoms with Gasteiger partial charge in [0, 0.05) is 19.1 Å². The lowest BCUT2D eigenvalue weighted by Gasteiger charge is -2.32. The van der Waals surface area contributed by atoms with Crippen LogP contribution in [-0.2, 0) is 6.18 Å². The number of aromatic carboxylic acids is 1. The first-order chi connectivity index (χ1) is 14.2. The summed E-state index contributed by atoms with van der Waals surface area (Å²) in [6, 6.07) is 8.27. The molecule has 5 N–H and O–H groups in total. The van der Waals surface area contributed by atoms with Crippen molar-refractivity contribution in [3.63, 3.8) is 0 Å². The molecule has 10 heteroatoms. The summed E-state index contributed by atoms with van der Waals surface area (Å²) in [6.45, 7) is 1.25. The van der Waals surface area contributed by atoms with Crippen LogP contribution >= 0.6 is 0 Å².